The van der Waals surface area contributed by atoms with Gasteiger partial charge in [-0.05, 0) is 56.4 Å². The molecule has 0 amide bonds. The first kappa shape index (κ1) is 17.5. The molecule has 2 saturated carbocycles. The first-order valence-electron chi connectivity index (χ1n) is 9.97. The lowest BCUT2D eigenvalue weighted by Crippen LogP contribution is -2.39. The van der Waals surface area contributed by atoms with E-state index in [9.17, 15) is 8.78 Å². The molecule has 0 atom stereocenters. The molecule has 2 heterocycles. The van der Waals surface area contributed by atoms with Crippen molar-refractivity contribution in [1.29, 1.82) is 0 Å². The van der Waals surface area contributed by atoms with E-state index in [0.717, 1.165) is 49.4 Å². The molecule has 0 N–H and O–H groups in total. The Morgan fingerprint density at radius 3 is 2.39 bits per heavy atom. The number of hydrogen-bond donors (Lipinski definition) is 0. The van der Waals surface area contributed by atoms with Crippen molar-refractivity contribution in [3.63, 3.8) is 0 Å². The van der Waals surface area contributed by atoms with Gasteiger partial charge in [0, 0.05) is 24.2 Å². The Bertz CT molecular complexity index is 971. The Morgan fingerprint density at radius 1 is 1.00 bits per heavy atom. The van der Waals surface area contributed by atoms with Crippen LogP contribution in [0.5, 0.6) is 0 Å². The van der Waals surface area contributed by atoms with E-state index in [0.29, 0.717) is 12.5 Å². The van der Waals surface area contributed by atoms with E-state index in [1.54, 1.807) is 0 Å². The smallest absolute Gasteiger partial charge is 0.145 e. The summed E-state index contributed by atoms with van der Waals surface area (Å²) in [6.45, 7) is 0.473. The fraction of sp³-hybridized carbons (Fsp3) is 0.409. The number of rotatable bonds is 6. The van der Waals surface area contributed by atoms with E-state index in [2.05, 4.69) is 19.7 Å². The Kier molecular flexibility index (Phi) is 4.22. The molecule has 1 aromatic carbocycles. The highest BCUT2D eigenvalue weighted by Crippen LogP contribution is 2.49. The zero-order valence-electron chi connectivity index (χ0n) is 15.6. The Labute approximate surface area is 162 Å². The average molecular weight is 380 g/mol. The maximum absolute atomic E-state index is 14.1. The SMILES string of the molecule is Fc1cccc(F)c1CCn1c(C2CC2)nnc1C1(c2ccccn2)CCC1. The summed E-state index contributed by atoms with van der Waals surface area (Å²) < 4.78 is 30.4. The summed E-state index contributed by atoms with van der Waals surface area (Å²) in [5, 5.41) is 9.10. The van der Waals surface area contributed by atoms with Gasteiger partial charge < -0.3 is 4.57 Å². The fourth-order valence-corrected chi connectivity index (χ4v) is 4.30. The molecule has 144 valence electrons. The third-order valence-corrected chi connectivity index (χ3v) is 6.16. The van der Waals surface area contributed by atoms with Gasteiger partial charge >= 0.3 is 0 Å². The Balaban J connectivity index is 1.53. The first-order chi connectivity index (χ1) is 13.7. The topological polar surface area (TPSA) is 43.6 Å². The van der Waals surface area contributed by atoms with Crippen LogP contribution in [0.1, 0.15) is 60.9 Å². The molecule has 0 radical (unpaired) electrons. The standard InChI is InChI=1S/C22H22F2N4/c23-17-5-3-6-18(24)16(17)10-14-28-20(15-8-9-15)26-27-21(28)22(11-4-12-22)19-7-1-2-13-25-19/h1-3,5-7,13,15H,4,8-12,14H2. The highest BCUT2D eigenvalue weighted by atomic mass is 19.1. The van der Waals surface area contributed by atoms with Gasteiger partial charge in [-0.1, -0.05) is 18.6 Å². The lowest BCUT2D eigenvalue weighted by Gasteiger charge is -2.40. The Hall–Kier alpha value is -2.63. The summed E-state index contributed by atoms with van der Waals surface area (Å²) in [6, 6.07) is 9.99. The van der Waals surface area contributed by atoms with Crippen molar-refractivity contribution in [1.82, 2.24) is 19.7 Å². The summed E-state index contributed by atoms with van der Waals surface area (Å²) in [5.74, 6) is 1.27. The van der Waals surface area contributed by atoms with Crippen LogP contribution >= 0.6 is 0 Å². The van der Waals surface area contributed by atoms with Crippen molar-refractivity contribution in [3.8, 4) is 0 Å². The van der Waals surface area contributed by atoms with Crippen LogP contribution in [0.25, 0.3) is 0 Å². The molecular weight excluding hydrogens is 358 g/mol. The third-order valence-electron chi connectivity index (χ3n) is 6.16. The van der Waals surface area contributed by atoms with Crippen molar-refractivity contribution in [2.24, 2.45) is 0 Å². The molecule has 28 heavy (non-hydrogen) atoms. The normalized spacial score (nSPS) is 18.1. The van der Waals surface area contributed by atoms with Gasteiger partial charge in [-0.2, -0.15) is 0 Å². The molecule has 4 nitrogen and oxygen atoms in total. The molecule has 0 spiro atoms. The molecule has 0 bridgehead atoms. The molecule has 0 saturated heterocycles. The van der Waals surface area contributed by atoms with Crippen LogP contribution in [-0.4, -0.2) is 19.7 Å². The second-order valence-corrected chi connectivity index (χ2v) is 7.91. The van der Waals surface area contributed by atoms with Crippen LogP contribution in [0, 0.1) is 11.6 Å². The van der Waals surface area contributed by atoms with E-state index < -0.39 is 11.6 Å². The Morgan fingerprint density at radius 2 is 1.79 bits per heavy atom. The van der Waals surface area contributed by atoms with Crippen molar-refractivity contribution in [3.05, 3.63) is 77.1 Å². The molecular formula is C22H22F2N4. The molecule has 5 rings (SSSR count). The number of pyridine rings is 1. The zero-order valence-corrected chi connectivity index (χ0v) is 15.6. The maximum Gasteiger partial charge on any atom is 0.145 e. The van der Waals surface area contributed by atoms with Crippen LogP contribution in [-0.2, 0) is 18.4 Å². The van der Waals surface area contributed by atoms with Gasteiger partial charge in [0.2, 0.25) is 0 Å². The monoisotopic (exact) mass is 380 g/mol. The molecule has 2 aromatic heterocycles. The highest BCUT2D eigenvalue weighted by molar-refractivity contribution is 5.32. The van der Waals surface area contributed by atoms with Crippen LogP contribution in [0.4, 0.5) is 8.78 Å². The van der Waals surface area contributed by atoms with Gasteiger partial charge in [0.1, 0.15) is 23.3 Å². The van der Waals surface area contributed by atoms with Crippen molar-refractivity contribution in [2.45, 2.75) is 56.4 Å². The van der Waals surface area contributed by atoms with Gasteiger partial charge in [0.15, 0.2) is 0 Å². The minimum absolute atomic E-state index is 0.129. The number of benzene rings is 1. The molecule has 2 fully saturated rings. The van der Waals surface area contributed by atoms with Gasteiger partial charge in [-0.3, -0.25) is 4.98 Å². The predicted molar refractivity (Wildman–Crippen MR) is 101 cm³/mol. The van der Waals surface area contributed by atoms with E-state index in [1.165, 1.54) is 18.2 Å². The molecule has 6 heteroatoms. The lowest BCUT2D eigenvalue weighted by molar-refractivity contribution is 0.266. The van der Waals surface area contributed by atoms with Gasteiger partial charge in [0.05, 0.1) is 11.1 Å². The van der Waals surface area contributed by atoms with Crippen molar-refractivity contribution >= 4 is 0 Å². The summed E-state index contributed by atoms with van der Waals surface area (Å²) in [6.07, 6.45) is 7.35. The number of aromatic nitrogens is 4. The summed E-state index contributed by atoms with van der Waals surface area (Å²) >= 11 is 0. The minimum Gasteiger partial charge on any atom is -0.314 e. The molecule has 0 aliphatic heterocycles. The predicted octanol–water partition coefficient (Wildman–Crippen LogP) is 4.54. The lowest BCUT2D eigenvalue weighted by atomic mass is 9.65. The second kappa shape index (κ2) is 6.76. The minimum atomic E-state index is -0.495. The first-order valence-corrected chi connectivity index (χ1v) is 9.97. The van der Waals surface area contributed by atoms with Crippen LogP contribution in [0.2, 0.25) is 0 Å². The summed E-state index contributed by atoms with van der Waals surface area (Å²) in [7, 11) is 0. The van der Waals surface area contributed by atoms with Crippen LogP contribution in [0.15, 0.2) is 42.6 Å². The molecule has 2 aliphatic carbocycles. The quantitative estimate of drug-likeness (QED) is 0.631. The van der Waals surface area contributed by atoms with Crippen LogP contribution < -0.4 is 0 Å². The maximum atomic E-state index is 14.1. The van der Waals surface area contributed by atoms with E-state index in [-0.39, 0.29) is 17.4 Å². The van der Waals surface area contributed by atoms with Crippen molar-refractivity contribution < 1.29 is 8.78 Å². The van der Waals surface area contributed by atoms with Gasteiger partial charge in [-0.15, -0.1) is 10.2 Å². The molecule has 3 aromatic rings. The zero-order chi connectivity index (χ0) is 19.1. The largest absolute Gasteiger partial charge is 0.314 e. The average Bonchev–Trinajstić information content (AvgIpc) is 3.43. The van der Waals surface area contributed by atoms with E-state index >= 15 is 0 Å². The number of hydrogen-bond acceptors (Lipinski definition) is 3. The third kappa shape index (κ3) is 2.82. The van der Waals surface area contributed by atoms with Gasteiger partial charge in [0.25, 0.3) is 0 Å². The summed E-state index contributed by atoms with van der Waals surface area (Å²) in [5.41, 5.74) is 0.897. The molecule has 0 unspecified atom stereocenters. The number of halogens is 2. The number of nitrogens with zero attached hydrogens (tertiary/aromatic N) is 4. The van der Waals surface area contributed by atoms with E-state index in [1.807, 2.05) is 24.4 Å². The fourth-order valence-electron chi connectivity index (χ4n) is 4.30. The van der Waals surface area contributed by atoms with Gasteiger partial charge in [-0.25, -0.2) is 8.78 Å². The van der Waals surface area contributed by atoms with Crippen LogP contribution in [0.3, 0.4) is 0 Å². The molecule has 2 aliphatic rings. The second-order valence-electron chi connectivity index (χ2n) is 7.91. The van der Waals surface area contributed by atoms with Crippen molar-refractivity contribution in [2.75, 3.05) is 0 Å². The summed E-state index contributed by atoms with van der Waals surface area (Å²) in [4.78, 5) is 4.61. The highest BCUT2D eigenvalue weighted by Gasteiger charge is 2.47. The van der Waals surface area contributed by atoms with E-state index in [4.69, 9.17) is 0 Å².